The van der Waals surface area contributed by atoms with Gasteiger partial charge in [-0.25, -0.2) is 0 Å². The second-order valence-corrected chi connectivity index (χ2v) is 6.60. The molecule has 0 bridgehead atoms. The largest absolute Gasteiger partial charge is 0.481 e. The van der Waals surface area contributed by atoms with E-state index in [-0.39, 0.29) is 24.2 Å². The van der Waals surface area contributed by atoms with Gasteiger partial charge < -0.3 is 10.0 Å². The molecular formula is C16H29ClN2O3. The average Bonchev–Trinajstić information content (AvgIpc) is 2.96. The molecule has 2 fully saturated rings. The van der Waals surface area contributed by atoms with Crippen molar-refractivity contribution < 1.29 is 14.7 Å². The second kappa shape index (κ2) is 8.16. The third-order valence-corrected chi connectivity index (χ3v) is 5.07. The molecule has 1 N–H and O–H groups in total. The molecule has 0 unspecified atom stereocenters. The molecule has 0 aromatic heterocycles. The summed E-state index contributed by atoms with van der Waals surface area (Å²) in [7, 11) is 0. The van der Waals surface area contributed by atoms with Crippen LogP contribution in [0.4, 0.5) is 0 Å². The summed E-state index contributed by atoms with van der Waals surface area (Å²) in [4.78, 5) is 28.0. The first kappa shape index (κ1) is 19.2. The molecule has 0 aromatic carbocycles. The molecule has 2 aliphatic rings. The summed E-state index contributed by atoms with van der Waals surface area (Å²) >= 11 is 0. The third kappa shape index (κ3) is 3.74. The first-order chi connectivity index (χ1) is 10.0. The number of aliphatic carboxylic acids is 1. The highest BCUT2D eigenvalue weighted by molar-refractivity contribution is 5.85. The van der Waals surface area contributed by atoms with E-state index in [1.807, 2.05) is 4.90 Å². The standard InChI is InChI=1S/C16H28N2O3.ClH/c1-3-8-18(9-4-2)14(19)11-17-10-13-6-5-7-16(13,12-17)15(20)21;/h13H,3-12H2,1-2H3,(H,20,21);1H/t13-,16+;/m0./s1. The van der Waals surface area contributed by atoms with Gasteiger partial charge in [-0.3, -0.25) is 14.5 Å². The third-order valence-electron chi connectivity index (χ3n) is 5.07. The number of rotatable bonds is 7. The van der Waals surface area contributed by atoms with Crippen LogP contribution in [0.2, 0.25) is 0 Å². The van der Waals surface area contributed by atoms with Crippen LogP contribution in [-0.2, 0) is 9.59 Å². The zero-order valence-corrected chi connectivity index (χ0v) is 14.5. The summed E-state index contributed by atoms with van der Waals surface area (Å²) in [5.74, 6) is -0.285. The van der Waals surface area contributed by atoms with Gasteiger partial charge in [0.1, 0.15) is 0 Å². The molecule has 2 rings (SSSR count). The van der Waals surface area contributed by atoms with Crippen LogP contribution in [0, 0.1) is 11.3 Å². The normalized spacial score (nSPS) is 27.3. The van der Waals surface area contributed by atoms with Crippen LogP contribution in [0.25, 0.3) is 0 Å². The van der Waals surface area contributed by atoms with E-state index in [1.165, 1.54) is 0 Å². The fourth-order valence-electron chi connectivity index (χ4n) is 4.06. The Bertz CT molecular complexity index is 399. The second-order valence-electron chi connectivity index (χ2n) is 6.60. The molecule has 22 heavy (non-hydrogen) atoms. The molecule has 128 valence electrons. The molecule has 0 radical (unpaired) electrons. The van der Waals surface area contributed by atoms with Crippen LogP contribution in [-0.4, -0.2) is 59.5 Å². The van der Waals surface area contributed by atoms with E-state index >= 15 is 0 Å². The van der Waals surface area contributed by atoms with Crippen molar-refractivity contribution in [2.24, 2.45) is 11.3 Å². The van der Waals surface area contributed by atoms with E-state index < -0.39 is 11.4 Å². The van der Waals surface area contributed by atoms with Crippen molar-refractivity contribution in [1.29, 1.82) is 0 Å². The van der Waals surface area contributed by atoms with Crippen LogP contribution < -0.4 is 0 Å². The first-order valence-electron chi connectivity index (χ1n) is 8.27. The summed E-state index contributed by atoms with van der Waals surface area (Å²) in [5, 5.41) is 9.58. The van der Waals surface area contributed by atoms with Gasteiger partial charge >= 0.3 is 5.97 Å². The Morgan fingerprint density at radius 2 is 1.91 bits per heavy atom. The van der Waals surface area contributed by atoms with Gasteiger partial charge in [-0.1, -0.05) is 20.3 Å². The van der Waals surface area contributed by atoms with Gasteiger partial charge in [-0.2, -0.15) is 0 Å². The number of likely N-dealkylation sites (tertiary alicyclic amines) is 1. The Morgan fingerprint density at radius 1 is 1.27 bits per heavy atom. The molecule has 0 spiro atoms. The molecule has 1 aliphatic carbocycles. The van der Waals surface area contributed by atoms with Gasteiger partial charge in [-0.05, 0) is 31.6 Å². The molecule has 1 aliphatic heterocycles. The van der Waals surface area contributed by atoms with Gasteiger partial charge in [0, 0.05) is 26.2 Å². The van der Waals surface area contributed by atoms with Gasteiger partial charge in [0.15, 0.2) is 0 Å². The van der Waals surface area contributed by atoms with Gasteiger partial charge in [0.2, 0.25) is 5.91 Å². The van der Waals surface area contributed by atoms with Gasteiger partial charge in [0.25, 0.3) is 0 Å². The Labute approximate surface area is 139 Å². The van der Waals surface area contributed by atoms with Crippen molar-refractivity contribution in [3.05, 3.63) is 0 Å². The fourth-order valence-corrected chi connectivity index (χ4v) is 4.06. The maximum Gasteiger partial charge on any atom is 0.311 e. The number of carboxylic acids is 1. The van der Waals surface area contributed by atoms with Crippen LogP contribution in [0.15, 0.2) is 0 Å². The van der Waals surface area contributed by atoms with E-state index in [2.05, 4.69) is 18.7 Å². The Balaban J connectivity index is 0.00000242. The quantitative estimate of drug-likeness (QED) is 0.776. The van der Waals surface area contributed by atoms with Crippen molar-refractivity contribution in [1.82, 2.24) is 9.80 Å². The van der Waals surface area contributed by atoms with E-state index in [9.17, 15) is 14.7 Å². The zero-order chi connectivity index (χ0) is 15.5. The number of hydrogen-bond donors (Lipinski definition) is 1. The minimum absolute atomic E-state index is 0. The summed E-state index contributed by atoms with van der Waals surface area (Å²) < 4.78 is 0. The van der Waals surface area contributed by atoms with Crippen molar-refractivity contribution in [2.45, 2.75) is 46.0 Å². The molecular weight excluding hydrogens is 304 g/mol. The summed E-state index contributed by atoms with van der Waals surface area (Å²) in [5.41, 5.74) is -0.583. The molecule has 1 saturated heterocycles. The van der Waals surface area contributed by atoms with E-state index in [0.29, 0.717) is 13.1 Å². The molecule has 1 heterocycles. The van der Waals surface area contributed by atoms with Gasteiger partial charge in [0.05, 0.1) is 12.0 Å². The first-order valence-corrected chi connectivity index (χ1v) is 8.27. The SMILES string of the molecule is CCCN(CCC)C(=O)CN1C[C@@H]2CCC[C@@]2(C(=O)O)C1.Cl. The minimum atomic E-state index is -0.668. The lowest BCUT2D eigenvalue weighted by atomic mass is 9.81. The van der Waals surface area contributed by atoms with Crippen LogP contribution in [0.3, 0.4) is 0 Å². The Kier molecular flexibility index (Phi) is 7.13. The van der Waals surface area contributed by atoms with E-state index in [0.717, 1.165) is 51.7 Å². The average molecular weight is 333 g/mol. The smallest absolute Gasteiger partial charge is 0.311 e. The number of nitrogens with zero attached hydrogens (tertiary/aromatic N) is 2. The highest BCUT2D eigenvalue weighted by Gasteiger charge is 2.54. The van der Waals surface area contributed by atoms with Crippen LogP contribution in [0.5, 0.6) is 0 Å². The summed E-state index contributed by atoms with van der Waals surface area (Å²) in [6.45, 7) is 7.45. The van der Waals surface area contributed by atoms with Crippen molar-refractivity contribution in [2.75, 3.05) is 32.7 Å². The molecule has 1 amide bonds. The molecule has 5 nitrogen and oxygen atoms in total. The predicted molar refractivity (Wildman–Crippen MR) is 88.3 cm³/mol. The van der Waals surface area contributed by atoms with Gasteiger partial charge in [-0.15, -0.1) is 12.4 Å². The highest BCUT2D eigenvalue weighted by Crippen LogP contribution is 2.48. The maximum atomic E-state index is 12.4. The Hall–Kier alpha value is -0.810. The lowest BCUT2D eigenvalue weighted by Crippen LogP contribution is -2.42. The number of amides is 1. The topological polar surface area (TPSA) is 60.9 Å². The number of fused-ring (bicyclic) bond motifs is 1. The lowest BCUT2D eigenvalue weighted by molar-refractivity contribution is -0.149. The summed E-state index contributed by atoms with van der Waals surface area (Å²) in [6.07, 6.45) is 4.70. The van der Waals surface area contributed by atoms with Crippen LogP contribution in [0.1, 0.15) is 46.0 Å². The summed E-state index contributed by atoms with van der Waals surface area (Å²) in [6, 6.07) is 0. The Morgan fingerprint density at radius 3 is 2.41 bits per heavy atom. The van der Waals surface area contributed by atoms with E-state index in [4.69, 9.17) is 0 Å². The molecule has 6 heteroatoms. The monoisotopic (exact) mass is 332 g/mol. The van der Waals surface area contributed by atoms with Crippen LogP contribution >= 0.6 is 12.4 Å². The number of halogens is 1. The minimum Gasteiger partial charge on any atom is -0.481 e. The maximum absolute atomic E-state index is 12.4. The molecule has 1 saturated carbocycles. The number of carboxylic acid groups (broad SMARTS) is 1. The number of carbonyl (C=O) groups excluding carboxylic acids is 1. The number of hydrogen-bond acceptors (Lipinski definition) is 3. The number of carbonyl (C=O) groups is 2. The fraction of sp³-hybridized carbons (Fsp3) is 0.875. The van der Waals surface area contributed by atoms with Crippen molar-refractivity contribution >= 4 is 24.3 Å². The lowest BCUT2D eigenvalue weighted by Gasteiger charge is -2.26. The van der Waals surface area contributed by atoms with E-state index in [1.54, 1.807) is 0 Å². The predicted octanol–water partition coefficient (Wildman–Crippen LogP) is 2.24. The molecule has 2 atom stereocenters. The highest BCUT2D eigenvalue weighted by atomic mass is 35.5. The zero-order valence-electron chi connectivity index (χ0n) is 13.7. The van der Waals surface area contributed by atoms with Crippen molar-refractivity contribution in [3.63, 3.8) is 0 Å². The molecule has 0 aromatic rings. The van der Waals surface area contributed by atoms with Crippen molar-refractivity contribution in [3.8, 4) is 0 Å².